The molecule has 0 saturated heterocycles. The summed E-state index contributed by atoms with van der Waals surface area (Å²) in [6.45, 7) is 3.16. The first kappa shape index (κ1) is 22.5. The molecule has 7 nitrogen and oxygen atoms in total. The van der Waals surface area contributed by atoms with Gasteiger partial charge in [0.2, 0.25) is 0 Å². The molecule has 0 aliphatic carbocycles. The van der Waals surface area contributed by atoms with Crippen molar-refractivity contribution in [3.05, 3.63) is 66.5 Å². The molecule has 3 aromatic rings. The van der Waals surface area contributed by atoms with Gasteiger partial charge in [-0.25, -0.2) is 4.68 Å². The first-order valence-corrected chi connectivity index (χ1v) is 9.11. The summed E-state index contributed by atoms with van der Waals surface area (Å²) in [6, 6.07) is 15.8. The van der Waals surface area contributed by atoms with Gasteiger partial charge in [0.15, 0.2) is 17.5 Å². The van der Waals surface area contributed by atoms with Gasteiger partial charge in [-0.2, -0.15) is 5.10 Å². The summed E-state index contributed by atoms with van der Waals surface area (Å²) < 4.78 is 12.8. The third kappa shape index (κ3) is 6.11. The first-order chi connectivity index (χ1) is 13.7. The van der Waals surface area contributed by atoms with Crippen molar-refractivity contribution in [2.45, 2.75) is 13.5 Å². The molecule has 0 unspecified atom stereocenters. The van der Waals surface area contributed by atoms with Crippen LogP contribution in [-0.4, -0.2) is 36.5 Å². The van der Waals surface area contributed by atoms with E-state index in [1.807, 2.05) is 54.2 Å². The van der Waals surface area contributed by atoms with E-state index >= 15 is 0 Å². The number of guanidine groups is 1. The molecule has 0 saturated carbocycles. The largest absolute Gasteiger partial charge is 0.493 e. The number of methoxy groups -OCH3 is 1. The number of nitrogens with zero attached hydrogens (tertiary/aromatic N) is 3. The predicted octanol–water partition coefficient (Wildman–Crippen LogP) is 4.09. The fourth-order valence-electron chi connectivity index (χ4n) is 2.75. The second-order valence-electron chi connectivity index (χ2n) is 5.97. The minimum absolute atomic E-state index is 0. The summed E-state index contributed by atoms with van der Waals surface area (Å²) in [5.41, 5.74) is 3.00. The SMILES string of the molecule is CCOc1ccc(NC(=NC)NCc2cccc(-n3cccn3)c2)cc1OC.I. The van der Waals surface area contributed by atoms with Crippen LogP contribution in [0, 0.1) is 0 Å². The number of benzene rings is 2. The fraction of sp³-hybridized carbons (Fsp3) is 0.238. The van der Waals surface area contributed by atoms with Gasteiger partial charge in [0, 0.05) is 37.7 Å². The number of rotatable bonds is 7. The Morgan fingerprint density at radius 1 is 1.14 bits per heavy atom. The van der Waals surface area contributed by atoms with Gasteiger partial charge in [-0.15, -0.1) is 24.0 Å². The van der Waals surface area contributed by atoms with Gasteiger partial charge >= 0.3 is 0 Å². The summed E-state index contributed by atoms with van der Waals surface area (Å²) in [7, 11) is 3.36. The summed E-state index contributed by atoms with van der Waals surface area (Å²) >= 11 is 0. The molecule has 8 heteroatoms. The molecule has 0 spiro atoms. The second-order valence-corrected chi connectivity index (χ2v) is 5.97. The summed E-state index contributed by atoms with van der Waals surface area (Å²) in [5, 5.41) is 10.9. The Morgan fingerprint density at radius 2 is 2.00 bits per heavy atom. The van der Waals surface area contributed by atoms with Crippen LogP contribution in [0.1, 0.15) is 12.5 Å². The van der Waals surface area contributed by atoms with Crippen LogP contribution in [-0.2, 0) is 6.54 Å². The number of hydrogen-bond acceptors (Lipinski definition) is 4. The molecule has 2 N–H and O–H groups in total. The quantitative estimate of drug-likeness (QED) is 0.287. The molecule has 1 heterocycles. The highest BCUT2D eigenvalue weighted by atomic mass is 127. The third-order valence-electron chi connectivity index (χ3n) is 4.09. The number of hydrogen-bond donors (Lipinski definition) is 2. The van der Waals surface area contributed by atoms with Crippen LogP contribution in [0.15, 0.2) is 65.9 Å². The Morgan fingerprint density at radius 3 is 2.69 bits per heavy atom. The number of ether oxygens (including phenoxy) is 2. The maximum atomic E-state index is 5.56. The molecule has 0 amide bonds. The van der Waals surface area contributed by atoms with Gasteiger partial charge < -0.3 is 20.1 Å². The molecular weight excluding hydrogens is 481 g/mol. The lowest BCUT2D eigenvalue weighted by atomic mass is 10.2. The first-order valence-electron chi connectivity index (χ1n) is 9.11. The van der Waals surface area contributed by atoms with Crippen LogP contribution in [0.3, 0.4) is 0 Å². The van der Waals surface area contributed by atoms with Crippen molar-refractivity contribution in [2.75, 3.05) is 26.1 Å². The van der Waals surface area contributed by atoms with Crippen molar-refractivity contribution in [3.8, 4) is 17.2 Å². The monoisotopic (exact) mass is 507 g/mol. The van der Waals surface area contributed by atoms with Crippen molar-refractivity contribution in [3.63, 3.8) is 0 Å². The van der Waals surface area contributed by atoms with Crippen LogP contribution in [0.4, 0.5) is 5.69 Å². The predicted molar refractivity (Wildman–Crippen MR) is 127 cm³/mol. The summed E-state index contributed by atoms with van der Waals surface area (Å²) in [6.07, 6.45) is 3.69. The summed E-state index contributed by atoms with van der Waals surface area (Å²) in [5.74, 6) is 2.05. The van der Waals surface area contributed by atoms with E-state index in [9.17, 15) is 0 Å². The van der Waals surface area contributed by atoms with Crippen LogP contribution in [0.5, 0.6) is 11.5 Å². The van der Waals surface area contributed by atoms with Gasteiger partial charge in [-0.3, -0.25) is 4.99 Å². The molecule has 3 rings (SSSR count). The van der Waals surface area contributed by atoms with E-state index in [0.717, 1.165) is 16.9 Å². The standard InChI is InChI=1S/C21H25N5O2.HI/c1-4-28-19-10-9-17(14-20(19)27-3)25-21(22-2)23-15-16-7-5-8-18(13-16)26-12-6-11-24-26;/h5-14H,4,15H2,1-3H3,(H2,22,23,25);1H. The van der Waals surface area contributed by atoms with Gasteiger partial charge in [0.05, 0.1) is 19.4 Å². The van der Waals surface area contributed by atoms with Crippen LogP contribution in [0.25, 0.3) is 5.69 Å². The van der Waals surface area contributed by atoms with E-state index in [1.54, 1.807) is 20.4 Å². The highest BCUT2D eigenvalue weighted by Crippen LogP contribution is 2.30. The van der Waals surface area contributed by atoms with Gasteiger partial charge in [-0.05, 0) is 42.8 Å². The highest BCUT2D eigenvalue weighted by Gasteiger charge is 2.07. The van der Waals surface area contributed by atoms with E-state index < -0.39 is 0 Å². The minimum Gasteiger partial charge on any atom is -0.493 e. The molecule has 0 bridgehead atoms. The zero-order chi connectivity index (χ0) is 19.8. The van der Waals surface area contributed by atoms with E-state index in [1.165, 1.54) is 0 Å². The van der Waals surface area contributed by atoms with Crippen molar-refractivity contribution in [2.24, 2.45) is 4.99 Å². The number of anilines is 1. The maximum Gasteiger partial charge on any atom is 0.195 e. The molecule has 0 aliphatic rings. The maximum absolute atomic E-state index is 5.56. The van der Waals surface area contributed by atoms with E-state index in [-0.39, 0.29) is 24.0 Å². The number of nitrogens with one attached hydrogen (secondary N) is 2. The smallest absolute Gasteiger partial charge is 0.195 e. The Labute approximate surface area is 188 Å². The fourth-order valence-corrected chi connectivity index (χ4v) is 2.75. The third-order valence-corrected chi connectivity index (χ3v) is 4.09. The highest BCUT2D eigenvalue weighted by molar-refractivity contribution is 14.0. The van der Waals surface area contributed by atoms with Crippen LogP contribution < -0.4 is 20.1 Å². The zero-order valence-corrected chi connectivity index (χ0v) is 19.1. The van der Waals surface area contributed by atoms with Crippen molar-refractivity contribution in [1.82, 2.24) is 15.1 Å². The normalized spacial score (nSPS) is 10.8. The molecule has 0 aliphatic heterocycles. The Bertz CT molecular complexity index is 929. The van der Waals surface area contributed by atoms with Crippen molar-refractivity contribution >= 4 is 35.6 Å². The number of aliphatic imine (C=N–C) groups is 1. The van der Waals surface area contributed by atoms with Crippen LogP contribution in [0.2, 0.25) is 0 Å². The molecule has 154 valence electrons. The van der Waals surface area contributed by atoms with Crippen molar-refractivity contribution < 1.29 is 9.47 Å². The molecule has 0 fully saturated rings. The van der Waals surface area contributed by atoms with Gasteiger partial charge in [-0.1, -0.05) is 12.1 Å². The average molecular weight is 507 g/mol. The lowest BCUT2D eigenvalue weighted by molar-refractivity contribution is 0.311. The average Bonchev–Trinajstić information content (AvgIpc) is 3.27. The van der Waals surface area contributed by atoms with Crippen molar-refractivity contribution in [1.29, 1.82) is 0 Å². The molecule has 1 aromatic heterocycles. The molecule has 0 atom stereocenters. The topological polar surface area (TPSA) is 72.7 Å². The molecular formula is C21H26IN5O2. The number of halogens is 1. The Kier molecular flexibility index (Phi) is 8.78. The van der Waals surface area contributed by atoms with Gasteiger partial charge in [0.1, 0.15) is 0 Å². The van der Waals surface area contributed by atoms with E-state index in [0.29, 0.717) is 30.6 Å². The molecule has 0 radical (unpaired) electrons. The van der Waals surface area contributed by atoms with Gasteiger partial charge in [0.25, 0.3) is 0 Å². The molecule has 2 aromatic carbocycles. The van der Waals surface area contributed by atoms with Crippen LogP contribution >= 0.6 is 24.0 Å². The molecule has 29 heavy (non-hydrogen) atoms. The van der Waals surface area contributed by atoms with E-state index in [4.69, 9.17) is 9.47 Å². The summed E-state index contributed by atoms with van der Waals surface area (Å²) in [4.78, 5) is 4.29. The Balaban J connectivity index is 0.00000300. The minimum atomic E-state index is 0. The lowest BCUT2D eigenvalue weighted by Crippen LogP contribution is -2.30. The lowest BCUT2D eigenvalue weighted by Gasteiger charge is -2.15. The number of aromatic nitrogens is 2. The Hall–Kier alpha value is -2.75. The second kappa shape index (κ2) is 11.3. The van der Waals surface area contributed by atoms with E-state index in [2.05, 4.69) is 32.9 Å². The zero-order valence-electron chi connectivity index (χ0n) is 16.8.